The van der Waals surface area contributed by atoms with Crippen molar-refractivity contribution in [2.75, 3.05) is 19.8 Å². The van der Waals surface area contributed by atoms with Crippen molar-refractivity contribution in [1.82, 2.24) is 19.7 Å². The number of nitrogens with two attached hydrogens (primary N) is 1. The second-order valence-corrected chi connectivity index (χ2v) is 21.3. The van der Waals surface area contributed by atoms with Gasteiger partial charge in [-0.15, -0.1) is 0 Å². The summed E-state index contributed by atoms with van der Waals surface area (Å²) in [5.41, 5.74) is 7.05. The number of pyridine rings is 1. The fraction of sp³-hybridized carbons (Fsp3) is 0.773. The highest BCUT2D eigenvalue weighted by molar-refractivity contribution is 6.33. The fourth-order valence-electron chi connectivity index (χ4n) is 12.8. The quantitative estimate of drug-likeness (QED) is 0.255. The summed E-state index contributed by atoms with van der Waals surface area (Å²) in [5.74, 6) is 0.904. The number of rotatable bonds is 8. The zero-order chi connectivity index (χ0) is 39.4. The van der Waals surface area contributed by atoms with Crippen molar-refractivity contribution in [3.8, 4) is 11.4 Å². The monoisotopic (exact) mass is 763 g/mol. The van der Waals surface area contributed by atoms with Crippen LogP contribution in [0.1, 0.15) is 121 Å². The molecule has 10 heteroatoms. The lowest BCUT2D eigenvalue weighted by Crippen LogP contribution is -2.69. The van der Waals surface area contributed by atoms with E-state index in [1.807, 2.05) is 6.07 Å². The second kappa shape index (κ2) is 13.1. The predicted molar refractivity (Wildman–Crippen MR) is 213 cm³/mol. The van der Waals surface area contributed by atoms with Crippen molar-refractivity contribution >= 4 is 17.6 Å². The minimum absolute atomic E-state index is 0.177. The Morgan fingerprint density at radius 3 is 2.48 bits per heavy atom. The minimum atomic E-state index is -0.635. The van der Waals surface area contributed by atoms with Gasteiger partial charge in [0.1, 0.15) is 6.33 Å². The van der Waals surface area contributed by atoms with E-state index >= 15 is 0 Å². The average Bonchev–Trinajstić information content (AvgIpc) is 3.56. The molecule has 54 heavy (non-hydrogen) atoms. The fourth-order valence-corrected chi connectivity index (χ4v) is 13.0. The normalized spacial score (nSPS) is 40.9. The summed E-state index contributed by atoms with van der Waals surface area (Å²) in [4.78, 5) is 22.6. The Morgan fingerprint density at radius 1 is 1.11 bits per heavy atom. The van der Waals surface area contributed by atoms with Crippen LogP contribution in [0.2, 0.25) is 5.02 Å². The van der Waals surface area contributed by atoms with E-state index in [9.17, 15) is 9.90 Å². The molecule has 3 heterocycles. The van der Waals surface area contributed by atoms with Crippen LogP contribution in [0.5, 0.6) is 0 Å². The molecule has 7 rings (SSSR count). The minimum Gasteiger partial charge on any atom is -0.481 e. The molecule has 4 aliphatic carbocycles. The molecule has 3 saturated carbocycles. The number of carbonyl (C=O) groups is 1. The summed E-state index contributed by atoms with van der Waals surface area (Å²) in [6.07, 6.45) is 12.8. The van der Waals surface area contributed by atoms with Crippen molar-refractivity contribution in [2.45, 2.75) is 132 Å². The van der Waals surface area contributed by atoms with E-state index in [1.165, 1.54) is 5.57 Å². The third-order valence-corrected chi connectivity index (χ3v) is 17.6. The van der Waals surface area contributed by atoms with Gasteiger partial charge in [0.15, 0.2) is 5.82 Å². The molecule has 0 aromatic carbocycles. The summed E-state index contributed by atoms with van der Waals surface area (Å²) in [5, 5.41) is 16.6. The van der Waals surface area contributed by atoms with Crippen LogP contribution in [0.3, 0.4) is 0 Å². The molecular weight excluding hydrogens is 698 g/mol. The molecule has 12 atom stereocenters. The Balaban J connectivity index is 1.36. The molecule has 0 unspecified atom stereocenters. The number of allylic oxidation sites excluding steroid dienone is 1. The summed E-state index contributed by atoms with van der Waals surface area (Å²) in [6.45, 7) is 26.4. The molecular formula is C44H66ClN5O4. The van der Waals surface area contributed by atoms with Crippen LogP contribution in [0, 0.1) is 62.1 Å². The van der Waals surface area contributed by atoms with E-state index in [2.05, 4.69) is 91.9 Å². The van der Waals surface area contributed by atoms with Gasteiger partial charge in [-0.05, 0) is 96.8 Å². The Hall–Kier alpha value is -2.33. The molecule has 9 nitrogen and oxygen atoms in total. The second-order valence-electron chi connectivity index (χ2n) is 20.9. The van der Waals surface area contributed by atoms with E-state index < -0.39 is 17.4 Å². The number of fused-ring (bicyclic) bond motifs is 3. The van der Waals surface area contributed by atoms with E-state index in [-0.39, 0.29) is 50.6 Å². The first-order valence-electron chi connectivity index (χ1n) is 20.5. The van der Waals surface area contributed by atoms with Crippen LogP contribution in [0.25, 0.3) is 11.4 Å². The van der Waals surface area contributed by atoms with Crippen LogP contribution < -0.4 is 5.73 Å². The molecule has 0 spiro atoms. The summed E-state index contributed by atoms with van der Waals surface area (Å²) in [7, 11) is 0. The molecule has 2 aromatic rings. The summed E-state index contributed by atoms with van der Waals surface area (Å²) >= 11 is 6.78. The van der Waals surface area contributed by atoms with Gasteiger partial charge < -0.3 is 20.3 Å². The maximum absolute atomic E-state index is 13.6. The van der Waals surface area contributed by atoms with Crippen LogP contribution in [0.15, 0.2) is 36.4 Å². The van der Waals surface area contributed by atoms with Gasteiger partial charge in [-0.2, -0.15) is 5.10 Å². The third kappa shape index (κ3) is 5.54. The van der Waals surface area contributed by atoms with Crippen molar-refractivity contribution < 1.29 is 19.4 Å². The van der Waals surface area contributed by atoms with E-state index in [1.54, 1.807) is 18.7 Å². The third-order valence-electron chi connectivity index (χ3n) is 17.3. The first kappa shape index (κ1) is 39.9. The van der Waals surface area contributed by atoms with Crippen LogP contribution >= 0.6 is 11.6 Å². The van der Waals surface area contributed by atoms with Gasteiger partial charge in [-0.25, -0.2) is 9.67 Å². The number of hydrogen-bond donors (Lipinski definition) is 2. The molecule has 5 aliphatic rings. The van der Waals surface area contributed by atoms with Crippen molar-refractivity contribution in [1.29, 1.82) is 0 Å². The Morgan fingerprint density at radius 2 is 1.83 bits per heavy atom. The largest absolute Gasteiger partial charge is 0.481 e. The highest BCUT2D eigenvalue weighted by atomic mass is 35.5. The number of carboxylic acid groups (broad SMARTS) is 1. The van der Waals surface area contributed by atoms with Gasteiger partial charge in [-0.1, -0.05) is 92.5 Å². The highest BCUT2D eigenvalue weighted by Gasteiger charge is 2.72. The molecule has 298 valence electrons. The van der Waals surface area contributed by atoms with Crippen LogP contribution in [-0.2, 0) is 14.3 Å². The van der Waals surface area contributed by atoms with Gasteiger partial charge in [0.25, 0.3) is 0 Å². The van der Waals surface area contributed by atoms with Gasteiger partial charge in [0.05, 0.1) is 42.9 Å². The molecule has 2 bridgehead atoms. The summed E-state index contributed by atoms with van der Waals surface area (Å²) in [6, 6.07) is 1.73. The number of halogens is 1. The predicted octanol–water partition coefficient (Wildman–Crippen LogP) is 9.27. The highest BCUT2D eigenvalue weighted by Crippen LogP contribution is 2.75. The standard InChI is InChI=1S/C44H66ClN5O4/c1-26(2)27(3)39(7)17-18-41(9)29-12-13-33-40(8)22-53-24-44(33,30(29)14-16-42(41,10)34(39)37(51)52)20-32(35(40)54-23-43(11,46)38(4,5)6)50-36(48-25-49-50)28-15-19-47-21-31(28)45/h14-15,19,21,25-27,29,32-35H,12-13,16-18,20,22-24,46H2,1-11H3,(H,51,52)/t27-,29+,32-,33+,34-,35+,39-,40-,41-,42+,43+,44+/m1/s1. The molecule has 3 N–H and O–H groups in total. The first-order chi connectivity index (χ1) is 25.1. The van der Waals surface area contributed by atoms with Crippen molar-refractivity contribution in [3.05, 3.63) is 41.5 Å². The van der Waals surface area contributed by atoms with Gasteiger partial charge in [0.2, 0.25) is 0 Å². The van der Waals surface area contributed by atoms with Crippen molar-refractivity contribution in [3.63, 3.8) is 0 Å². The lowest BCUT2D eigenvalue weighted by molar-refractivity contribution is -0.253. The number of aliphatic carboxylic acids is 1. The summed E-state index contributed by atoms with van der Waals surface area (Å²) < 4.78 is 16.1. The van der Waals surface area contributed by atoms with Crippen LogP contribution in [0.4, 0.5) is 0 Å². The Bertz CT molecular complexity index is 1800. The van der Waals surface area contributed by atoms with E-state index in [4.69, 9.17) is 36.9 Å². The zero-order valence-corrected chi connectivity index (χ0v) is 35.5. The maximum Gasteiger partial charge on any atom is 0.307 e. The molecule has 0 radical (unpaired) electrons. The lowest BCUT2D eigenvalue weighted by Gasteiger charge is -2.71. The lowest BCUT2D eigenvalue weighted by atomic mass is 9.34. The Kier molecular flexibility index (Phi) is 9.68. The van der Waals surface area contributed by atoms with E-state index in [0.29, 0.717) is 48.4 Å². The number of carboxylic acids is 1. The van der Waals surface area contributed by atoms with Crippen molar-refractivity contribution in [2.24, 2.45) is 67.8 Å². The van der Waals surface area contributed by atoms with E-state index in [0.717, 1.165) is 44.1 Å². The molecule has 1 saturated heterocycles. The topological polar surface area (TPSA) is 125 Å². The number of aromatic nitrogens is 4. The van der Waals surface area contributed by atoms with Crippen LogP contribution in [-0.4, -0.2) is 62.3 Å². The molecule has 2 aromatic heterocycles. The average molecular weight is 764 g/mol. The Labute approximate surface area is 328 Å². The maximum atomic E-state index is 13.6. The van der Waals surface area contributed by atoms with Gasteiger partial charge >= 0.3 is 5.97 Å². The number of ether oxygens (including phenoxy) is 2. The molecule has 1 aliphatic heterocycles. The first-order valence-corrected chi connectivity index (χ1v) is 20.9. The SMILES string of the molecule is CC(C)[C@@H](C)[C@@]1(C)CC[C@]2(C)[C@H]3CC[C@@H]4[C@@]5(COC[C@@]4(C)[C@@H](OC[C@](C)(N)C(C)(C)C)[C@H](n4ncnc4-c4ccncc4Cl)C5)C3=CC[C@@]2(C)[C@@H]1C(=O)O. The van der Waals surface area contributed by atoms with Gasteiger partial charge in [-0.3, -0.25) is 9.78 Å². The molecule has 4 fully saturated rings. The number of hydrogen-bond acceptors (Lipinski definition) is 7. The molecule has 0 amide bonds. The zero-order valence-electron chi connectivity index (χ0n) is 34.7. The smallest absolute Gasteiger partial charge is 0.307 e. The van der Waals surface area contributed by atoms with Gasteiger partial charge in [0, 0.05) is 34.3 Å². The number of nitrogens with zero attached hydrogens (tertiary/aromatic N) is 4.